The lowest BCUT2D eigenvalue weighted by Gasteiger charge is -2.08. The van der Waals surface area contributed by atoms with Crippen LogP contribution in [-0.4, -0.2) is 27.0 Å². The molecule has 0 atom stereocenters. The average Bonchev–Trinajstić information content (AvgIpc) is 3.10. The van der Waals surface area contributed by atoms with Crippen molar-refractivity contribution in [3.8, 4) is 0 Å². The number of para-hydroxylation sites is 2. The van der Waals surface area contributed by atoms with Gasteiger partial charge in [-0.3, -0.25) is 9.59 Å². The van der Waals surface area contributed by atoms with Crippen LogP contribution in [0.2, 0.25) is 0 Å². The summed E-state index contributed by atoms with van der Waals surface area (Å²) in [5, 5.41) is 4.68. The zero-order valence-corrected chi connectivity index (χ0v) is 14.8. The quantitative estimate of drug-likeness (QED) is 0.555. The van der Waals surface area contributed by atoms with Gasteiger partial charge < -0.3 is 14.9 Å². The zero-order chi connectivity index (χ0) is 18.6. The van der Waals surface area contributed by atoms with Crippen LogP contribution in [0.4, 0.5) is 0 Å². The summed E-state index contributed by atoms with van der Waals surface area (Å²) in [6.07, 6.45) is 2.71. The van der Waals surface area contributed by atoms with Gasteiger partial charge in [-0.05, 0) is 29.7 Å². The maximum absolute atomic E-state index is 12.1. The Labute approximate surface area is 155 Å². The van der Waals surface area contributed by atoms with Crippen LogP contribution in [0.25, 0.3) is 21.8 Å². The van der Waals surface area contributed by atoms with Crippen molar-refractivity contribution in [3.63, 3.8) is 0 Å². The monoisotopic (exact) mass is 360 g/mol. The minimum atomic E-state index is -0.171. The van der Waals surface area contributed by atoms with Gasteiger partial charge in [-0.1, -0.05) is 30.3 Å². The fourth-order valence-corrected chi connectivity index (χ4v) is 3.22. The van der Waals surface area contributed by atoms with Crippen LogP contribution in [0.5, 0.6) is 0 Å². The van der Waals surface area contributed by atoms with E-state index in [-0.39, 0.29) is 17.9 Å². The lowest BCUT2D eigenvalue weighted by molar-refractivity contribution is -0.121. The molecule has 1 amide bonds. The Morgan fingerprint density at radius 1 is 1.07 bits per heavy atom. The Hall–Kier alpha value is -3.41. The highest BCUT2D eigenvalue weighted by Gasteiger charge is 2.07. The fraction of sp³-hybridized carbons (Fsp3) is 0.190. The van der Waals surface area contributed by atoms with Gasteiger partial charge in [-0.15, -0.1) is 0 Å². The number of fused-ring (bicyclic) bond motifs is 2. The van der Waals surface area contributed by atoms with E-state index in [0.717, 1.165) is 5.52 Å². The molecule has 136 valence electrons. The summed E-state index contributed by atoms with van der Waals surface area (Å²) in [6.45, 7) is 1.27. The number of carbonyl (C=O) groups is 1. The number of aromatic amines is 1. The third-order valence-corrected chi connectivity index (χ3v) is 4.61. The van der Waals surface area contributed by atoms with Crippen LogP contribution in [0.1, 0.15) is 12.2 Å². The lowest BCUT2D eigenvalue weighted by atomic mass is 10.2. The van der Waals surface area contributed by atoms with Gasteiger partial charge in [-0.2, -0.15) is 0 Å². The molecule has 6 heteroatoms. The molecular formula is C21H20N4O2. The normalized spacial score (nSPS) is 11.1. The van der Waals surface area contributed by atoms with Crippen LogP contribution in [0.15, 0.2) is 65.6 Å². The number of hydrogen-bond acceptors (Lipinski definition) is 3. The number of H-pyrrole nitrogens is 1. The topological polar surface area (TPSA) is 79.8 Å². The predicted molar refractivity (Wildman–Crippen MR) is 106 cm³/mol. The summed E-state index contributed by atoms with van der Waals surface area (Å²) < 4.78 is 2.12. The van der Waals surface area contributed by atoms with E-state index in [1.807, 2.05) is 24.4 Å². The van der Waals surface area contributed by atoms with E-state index in [2.05, 4.69) is 38.1 Å². The van der Waals surface area contributed by atoms with E-state index in [9.17, 15) is 9.59 Å². The summed E-state index contributed by atoms with van der Waals surface area (Å²) in [5.41, 5.74) is 1.64. The Balaban J connectivity index is 1.32. The molecule has 0 saturated carbocycles. The number of benzene rings is 2. The minimum Gasteiger partial charge on any atom is -0.354 e. The van der Waals surface area contributed by atoms with E-state index in [4.69, 9.17) is 0 Å². The Morgan fingerprint density at radius 3 is 2.81 bits per heavy atom. The molecule has 0 fully saturated rings. The Morgan fingerprint density at radius 2 is 1.89 bits per heavy atom. The van der Waals surface area contributed by atoms with Gasteiger partial charge in [0.25, 0.3) is 5.56 Å². The van der Waals surface area contributed by atoms with Gasteiger partial charge in [0.15, 0.2) is 0 Å². The standard InChI is InChI=1S/C21H20N4O2/c26-20(22-12-14-25-13-11-15-5-1-4-8-18(15)25)10-9-19-23-17-7-3-2-6-16(17)21(27)24-19/h1-8,11,13H,9-10,12,14H2,(H,22,26)(H,23,24,27). The van der Waals surface area contributed by atoms with Crippen LogP contribution >= 0.6 is 0 Å². The number of rotatable bonds is 6. The summed E-state index contributed by atoms with van der Waals surface area (Å²) in [4.78, 5) is 31.3. The van der Waals surface area contributed by atoms with Crippen molar-refractivity contribution < 1.29 is 4.79 Å². The number of carbonyl (C=O) groups excluding carboxylic acids is 1. The molecule has 0 bridgehead atoms. The Kier molecular flexibility index (Phi) is 4.70. The molecule has 0 aliphatic heterocycles. The largest absolute Gasteiger partial charge is 0.354 e. The van der Waals surface area contributed by atoms with Gasteiger partial charge in [0.05, 0.1) is 10.9 Å². The highest BCUT2D eigenvalue weighted by atomic mass is 16.1. The van der Waals surface area contributed by atoms with Crippen molar-refractivity contribution in [3.05, 3.63) is 77.0 Å². The molecule has 2 heterocycles. The highest BCUT2D eigenvalue weighted by Crippen LogP contribution is 2.14. The maximum atomic E-state index is 12.1. The molecule has 4 rings (SSSR count). The molecular weight excluding hydrogens is 340 g/mol. The number of nitrogens with one attached hydrogen (secondary N) is 2. The highest BCUT2D eigenvalue weighted by molar-refractivity contribution is 5.80. The van der Waals surface area contributed by atoms with Crippen LogP contribution < -0.4 is 10.9 Å². The van der Waals surface area contributed by atoms with Gasteiger partial charge >= 0.3 is 0 Å². The molecule has 0 radical (unpaired) electrons. The van der Waals surface area contributed by atoms with Crippen LogP contribution in [0, 0.1) is 0 Å². The van der Waals surface area contributed by atoms with E-state index >= 15 is 0 Å². The molecule has 2 N–H and O–H groups in total. The summed E-state index contributed by atoms with van der Waals surface area (Å²) >= 11 is 0. The molecule has 0 aliphatic rings. The van der Waals surface area contributed by atoms with Crippen LogP contribution in [0.3, 0.4) is 0 Å². The molecule has 0 spiro atoms. The molecule has 0 saturated heterocycles. The van der Waals surface area contributed by atoms with Crippen molar-refractivity contribution >= 4 is 27.7 Å². The molecule has 27 heavy (non-hydrogen) atoms. The first-order chi connectivity index (χ1) is 13.2. The minimum absolute atomic E-state index is 0.0535. The Bertz CT molecular complexity index is 1160. The first-order valence-corrected chi connectivity index (χ1v) is 8.99. The number of nitrogens with zero attached hydrogens (tertiary/aromatic N) is 2. The smallest absolute Gasteiger partial charge is 0.258 e. The summed E-state index contributed by atoms with van der Waals surface area (Å²) in [7, 11) is 0. The molecule has 6 nitrogen and oxygen atoms in total. The number of amides is 1. The van der Waals surface area contributed by atoms with Gasteiger partial charge in [0.1, 0.15) is 5.82 Å². The van der Waals surface area contributed by atoms with Crippen molar-refractivity contribution in [1.29, 1.82) is 0 Å². The fourth-order valence-electron chi connectivity index (χ4n) is 3.22. The second-order valence-electron chi connectivity index (χ2n) is 6.45. The SMILES string of the molecule is O=C(CCc1nc2ccccc2c(=O)[nH]1)NCCn1ccc2ccccc21. The second kappa shape index (κ2) is 7.45. The van der Waals surface area contributed by atoms with E-state index in [0.29, 0.717) is 36.2 Å². The lowest BCUT2D eigenvalue weighted by Crippen LogP contribution is -2.27. The molecule has 2 aromatic heterocycles. The van der Waals surface area contributed by atoms with Gasteiger partial charge in [0.2, 0.25) is 5.91 Å². The number of aromatic nitrogens is 3. The number of aryl methyl sites for hydroxylation is 1. The number of hydrogen-bond donors (Lipinski definition) is 2. The van der Waals surface area contributed by atoms with Crippen LogP contribution in [-0.2, 0) is 17.8 Å². The summed E-state index contributed by atoms with van der Waals surface area (Å²) in [6, 6.07) is 17.4. The van der Waals surface area contributed by atoms with Gasteiger partial charge in [0, 0.05) is 37.6 Å². The predicted octanol–water partition coefficient (Wildman–Crippen LogP) is 2.63. The maximum Gasteiger partial charge on any atom is 0.258 e. The van der Waals surface area contributed by atoms with Crippen molar-refractivity contribution in [1.82, 2.24) is 19.9 Å². The summed E-state index contributed by atoms with van der Waals surface area (Å²) in [5.74, 6) is 0.479. The van der Waals surface area contributed by atoms with Crippen molar-refractivity contribution in [2.45, 2.75) is 19.4 Å². The van der Waals surface area contributed by atoms with Crippen molar-refractivity contribution in [2.75, 3.05) is 6.54 Å². The zero-order valence-electron chi connectivity index (χ0n) is 14.8. The van der Waals surface area contributed by atoms with Gasteiger partial charge in [-0.25, -0.2) is 4.98 Å². The first kappa shape index (κ1) is 17.0. The van der Waals surface area contributed by atoms with E-state index in [1.165, 1.54) is 5.39 Å². The molecule has 2 aromatic carbocycles. The average molecular weight is 360 g/mol. The molecule has 4 aromatic rings. The molecule has 0 aliphatic carbocycles. The van der Waals surface area contributed by atoms with Crippen molar-refractivity contribution in [2.24, 2.45) is 0 Å². The first-order valence-electron chi connectivity index (χ1n) is 8.99. The molecule has 0 unspecified atom stereocenters. The second-order valence-corrected chi connectivity index (χ2v) is 6.45. The third kappa shape index (κ3) is 3.74. The third-order valence-electron chi connectivity index (χ3n) is 4.61. The van der Waals surface area contributed by atoms with E-state index in [1.54, 1.807) is 18.2 Å². The van der Waals surface area contributed by atoms with E-state index < -0.39 is 0 Å².